The SMILES string of the molecule is O=C(NCC1(Cc2cc(F)cc(F)c2)CCC1)c1ccc(=O)[nH]n1. The van der Waals surface area contributed by atoms with Gasteiger partial charge < -0.3 is 5.32 Å². The van der Waals surface area contributed by atoms with Crippen LogP contribution in [0.15, 0.2) is 35.1 Å². The fraction of sp³-hybridized carbons (Fsp3) is 0.353. The topological polar surface area (TPSA) is 74.8 Å². The quantitative estimate of drug-likeness (QED) is 0.881. The van der Waals surface area contributed by atoms with Gasteiger partial charge in [0.1, 0.15) is 17.3 Å². The lowest BCUT2D eigenvalue weighted by Gasteiger charge is -2.42. The van der Waals surface area contributed by atoms with Gasteiger partial charge in [0.25, 0.3) is 11.5 Å². The number of benzene rings is 1. The first-order valence-corrected chi connectivity index (χ1v) is 7.75. The molecule has 1 amide bonds. The number of H-pyrrole nitrogens is 1. The summed E-state index contributed by atoms with van der Waals surface area (Å²) in [7, 11) is 0. The molecule has 7 heteroatoms. The molecule has 2 N–H and O–H groups in total. The molecule has 1 aromatic heterocycles. The molecule has 0 atom stereocenters. The minimum Gasteiger partial charge on any atom is -0.350 e. The summed E-state index contributed by atoms with van der Waals surface area (Å²) in [6.07, 6.45) is 3.28. The summed E-state index contributed by atoms with van der Waals surface area (Å²) >= 11 is 0. The van der Waals surface area contributed by atoms with Crippen molar-refractivity contribution in [1.82, 2.24) is 15.5 Å². The predicted molar refractivity (Wildman–Crippen MR) is 83.5 cm³/mol. The van der Waals surface area contributed by atoms with E-state index in [4.69, 9.17) is 0 Å². The van der Waals surface area contributed by atoms with E-state index in [9.17, 15) is 18.4 Å². The average Bonchev–Trinajstić information content (AvgIpc) is 2.49. The van der Waals surface area contributed by atoms with Gasteiger partial charge in [-0.3, -0.25) is 9.59 Å². The number of nitrogens with one attached hydrogen (secondary N) is 2. The summed E-state index contributed by atoms with van der Waals surface area (Å²) < 4.78 is 26.7. The van der Waals surface area contributed by atoms with E-state index in [1.165, 1.54) is 24.3 Å². The van der Waals surface area contributed by atoms with E-state index >= 15 is 0 Å². The maximum atomic E-state index is 13.3. The molecule has 5 nitrogen and oxygen atoms in total. The van der Waals surface area contributed by atoms with Gasteiger partial charge in [0.05, 0.1) is 0 Å². The van der Waals surface area contributed by atoms with Crippen LogP contribution in [0.2, 0.25) is 0 Å². The fourth-order valence-corrected chi connectivity index (χ4v) is 3.07. The maximum absolute atomic E-state index is 13.3. The number of carbonyl (C=O) groups is 1. The summed E-state index contributed by atoms with van der Waals surface area (Å²) in [5, 5.41) is 8.69. The van der Waals surface area contributed by atoms with Crippen LogP contribution < -0.4 is 10.9 Å². The molecule has 1 saturated carbocycles. The van der Waals surface area contributed by atoms with Crippen LogP contribution in [-0.4, -0.2) is 22.6 Å². The average molecular weight is 333 g/mol. The zero-order valence-electron chi connectivity index (χ0n) is 12.9. The van der Waals surface area contributed by atoms with Crippen molar-refractivity contribution in [3.8, 4) is 0 Å². The van der Waals surface area contributed by atoms with Gasteiger partial charge in [0.15, 0.2) is 0 Å². The molecular formula is C17H17F2N3O2. The van der Waals surface area contributed by atoms with E-state index < -0.39 is 11.6 Å². The van der Waals surface area contributed by atoms with E-state index in [1.807, 2.05) is 0 Å². The highest BCUT2D eigenvalue weighted by Crippen LogP contribution is 2.43. The molecule has 0 saturated heterocycles. The lowest BCUT2D eigenvalue weighted by Crippen LogP contribution is -2.44. The van der Waals surface area contributed by atoms with E-state index in [-0.39, 0.29) is 22.6 Å². The van der Waals surface area contributed by atoms with Crippen LogP contribution >= 0.6 is 0 Å². The summed E-state index contributed by atoms with van der Waals surface area (Å²) in [6.45, 7) is 0.394. The molecule has 1 heterocycles. The molecule has 0 unspecified atom stereocenters. The fourth-order valence-electron chi connectivity index (χ4n) is 3.07. The van der Waals surface area contributed by atoms with Crippen LogP contribution in [0, 0.1) is 17.0 Å². The third kappa shape index (κ3) is 3.67. The van der Waals surface area contributed by atoms with Crippen molar-refractivity contribution in [2.45, 2.75) is 25.7 Å². The van der Waals surface area contributed by atoms with Crippen molar-refractivity contribution in [2.75, 3.05) is 6.54 Å². The molecule has 3 rings (SSSR count). The number of rotatable bonds is 5. The van der Waals surface area contributed by atoms with E-state index in [0.29, 0.717) is 18.5 Å². The molecule has 0 spiro atoms. The number of carbonyl (C=O) groups excluding carboxylic acids is 1. The number of halogens is 2. The van der Waals surface area contributed by atoms with Crippen LogP contribution in [0.4, 0.5) is 8.78 Å². The number of aromatic amines is 1. The Hall–Kier alpha value is -2.57. The van der Waals surface area contributed by atoms with Gasteiger partial charge in [-0.25, -0.2) is 13.9 Å². The van der Waals surface area contributed by atoms with Gasteiger partial charge in [-0.05, 0) is 48.4 Å². The highest BCUT2D eigenvalue weighted by Gasteiger charge is 2.37. The Morgan fingerprint density at radius 1 is 1.21 bits per heavy atom. The van der Waals surface area contributed by atoms with Crippen LogP contribution in [0.3, 0.4) is 0 Å². The van der Waals surface area contributed by atoms with Crippen molar-refractivity contribution in [2.24, 2.45) is 5.41 Å². The number of hydrogen-bond donors (Lipinski definition) is 2. The van der Waals surface area contributed by atoms with Crippen molar-refractivity contribution in [3.05, 3.63) is 63.6 Å². The summed E-state index contributed by atoms with van der Waals surface area (Å²) in [5.74, 6) is -1.58. The predicted octanol–water partition coefficient (Wildman–Crippen LogP) is 2.19. The monoisotopic (exact) mass is 333 g/mol. The van der Waals surface area contributed by atoms with Crippen LogP contribution in [-0.2, 0) is 6.42 Å². The first-order chi connectivity index (χ1) is 11.5. The lowest BCUT2D eigenvalue weighted by molar-refractivity contribution is 0.0853. The smallest absolute Gasteiger partial charge is 0.271 e. The standard InChI is InChI=1S/C17H17F2N3O2/c18-12-6-11(7-13(19)8-12)9-17(4-1-5-17)10-20-16(24)14-2-3-15(23)22-21-14/h2-3,6-8H,1,4-5,9-10H2,(H,20,24)(H,22,23). The Balaban J connectivity index is 1.66. The molecule has 24 heavy (non-hydrogen) atoms. The molecule has 1 aliphatic rings. The first-order valence-electron chi connectivity index (χ1n) is 7.75. The van der Waals surface area contributed by atoms with E-state index in [1.54, 1.807) is 0 Å². The molecule has 1 aliphatic carbocycles. The summed E-state index contributed by atoms with van der Waals surface area (Å²) in [6, 6.07) is 6.09. The van der Waals surface area contributed by atoms with E-state index in [0.717, 1.165) is 25.3 Å². The minimum absolute atomic E-state index is 0.126. The molecular weight excluding hydrogens is 316 g/mol. The van der Waals surface area contributed by atoms with Crippen LogP contribution in [0.1, 0.15) is 35.3 Å². The minimum atomic E-state index is -0.596. The maximum Gasteiger partial charge on any atom is 0.271 e. The number of nitrogens with zero attached hydrogens (tertiary/aromatic N) is 1. The Morgan fingerprint density at radius 3 is 2.46 bits per heavy atom. The molecule has 0 radical (unpaired) electrons. The summed E-state index contributed by atoms with van der Waals surface area (Å²) in [5.41, 5.74) is 0.137. The normalized spacial score (nSPS) is 15.6. The molecule has 1 aromatic carbocycles. The van der Waals surface area contributed by atoms with Gasteiger partial charge in [-0.2, -0.15) is 5.10 Å². The zero-order chi connectivity index (χ0) is 17.2. The highest BCUT2D eigenvalue weighted by atomic mass is 19.1. The second-order valence-electron chi connectivity index (χ2n) is 6.30. The van der Waals surface area contributed by atoms with Gasteiger partial charge in [-0.1, -0.05) is 6.42 Å². The molecule has 2 aromatic rings. The number of amides is 1. The first kappa shape index (κ1) is 16.3. The second-order valence-corrected chi connectivity index (χ2v) is 6.30. The van der Waals surface area contributed by atoms with Crippen molar-refractivity contribution >= 4 is 5.91 Å². The number of hydrogen-bond acceptors (Lipinski definition) is 3. The Bertz CT molecular complexity index is 775. The molecule has 0 bridgehead atoms. The highest BCUT2D eigenvalue weighted by molar-refractivity contribution is 5.91. The van der Waals surface area contributed by atoms with Gasteiger partial charge in [0.2, 0.25) is 0 Å². The van der Waals surface area contributed by atoms with Crippen molar-refractivity contribution < 1.29 is 13.6 Å². The number of aromatic nitrogens is 2. The lowest BCUT2D eigenvalue weighted by atomic mass is 9.65. The Morgan fingerprint density at radius 2 is 1.92 bits per heavy atom. The van der Waals surface area contributed by atoms with Gasteiger partial charge >= 0.3 is 0 Å². The second kappa shape index (κ2) is 6.51. The van der Waals surface area contributed by atoms with Crippen LogP contribution in [0.25, 0.3) is 0 Å². The third-order valence-electron chi connectivity index (χ3n) is 4.45. The molecule has 1 fully saturated rings. The van der Waals surface area contributed by atoms with E-state index in [2.05, 4.69) is 15.5 Å². The largest absolute Gasteiger partial charge is 0.350 e. The Kier molecular flexibility index (Phi) is 4.42. The Labute approximate surface area is 137 Å². The van der Waals surface area contributed by atoms with Gasteiger partial charge in [0, 0.05) is 18.7 Å². The third-order valence-corrected chi connectivity index (χ3v) is 4.45. The zero-order valence-corrected chi connectivity index (χ0v) is 12.9. The van der Waals surface area contributed by atoms with Crippen molar-refractivity contribution in [3.63, 3.8) is 0 Å². The van der Waals surface area contributed by atoms with Crippen LogP contribution in [0.5, 0.6) is 0 Å². The molecule has 0 aliphatic heterocycles. The molecule has 126 valence electrons. The van der Waals surface area contributed by atoms with Gasteiger partial charge in [-0.15, -0.1) is 0 Å². The van der Waals surface area contributed by atoms with Crippen molar-refractivity contribution in [1.29, 1.82) is 0 Å². The summed E-state index contributed by atoms with van der Waals surface area (Å²) in [4.78, 5) is 23.1.